The van der Waals surface area contributed by atoms with Gasteiger partial charge < -0.3 is 15.4 Å². The SMILES string of the molecule is CNc1ncc(C#Cc2ccc(CN3CCOCC3)cn2)c2cc(NC(=O)[C@H]3CC34CC4)nnc12. The molecule has 2 N–H and O–H groups in total. The van der Waals surface area contributed by atoms with Crippen LogP contribution in [0.4, 0.5) is 11.6 Å². The lowest BCUT2D eigenvalue weighted by Gasteiger charge is -2.26. The van der Waals surface area contributed by atoms with Gasteiger partial charge in [-0.2, -0.15) is 0 Å². The van der Waals surface area contributed by atoms with E-state index in [1.54, 1.807) is 13.2 Å². The predicted octanol–water partition coefficient (Wildman–Crippen LogP) is 2.43. The maximum absolute atomic E-state index is 12.6. The first kappa shape index (κ1) is 21.9. The molecule has 0 aromatic carbocycles. The molecule has 4 heterocycles. The summed E-state index contributed by atoms with van der Waals surface area (Å²) < 4.78 is 5.41. The number of morpholine rings is 1. The molecule has 35 heavy (non-hydrogen) atoms. The normalized spacial score (nSPS) is 20.2. The van der Waals surface area contributed by atoms with Crippen LogP contribution < -0.4 is 10.6 Å². The fourth-order valence-corrected chi connectivity index (χ4v) is 4.76. The molecule has 3 fully saturated rings. The van der Waals surface area contributed by atoms with E-state index >= 15 is 0 Å². The van der Waals surface area contributed by atoms with Crippen LogP contribution in [0.1, 0.15) is 36.1 Å². The van der Waals surface area contributed by atoms with Crippen LogP contribution in [0.3, 0.4) is 0 Å². The molecule has 2 aliphatic carbocycles. The summed E-state index contributed by atoms with van der Waals surface area (Å²) in [5.74, 6) is 7.52. The molecule has 3 aromatic heterocycles. The van der Waals surface area contributed by atoms with Crippen molar-refractivity contribution in [1.82, 2.24) is 25.1 Å². The Morgan fingerprint density at radius 3 is 2.74 bits per heavy atom. The molecule has 9 heteroatoms. The van der Waals surface area contributed by atoms with Crippen molar-refractivity contribution in [3.05, 3.63) is 47.4 Å². The number of fused-ring (bicyclic) bond motifs is 1. The number of amides is 1. The number of carbonyl (C=O) groups is 1. The number of nitrogens with zero attached hydrogens (tertiary/aromatic N) is 5. The van der Waals surface area contributed by atoms with Crippen LogP contribution in [0.5, 0.6) is 0 Å². The van der Waals surface area contributed by atoms with Gasteiger partial charge in [0.2, 0.25) is 5.91 Å². The summed E-state index contributed by atoms with van der Waals surface area (Å²) in [6.07, 6.45) is 6.90. The Morgan fingerprint density at radius 1 is 1.17 bits per heavy atom. The maximum Gasteiger partial charge on any atom is 0.229 e. The van der Waals surface area contributed by atoms with Crippen molar-refractivity contribution in [3.63, 3.8) is 0 Å². The van der Waals surface area contributed by atoms with Crippen molar-refractivity contribution >= 4 is 28.4 Å². The highest BCUT2D eigenvalue weighted by atomic mass is 16.5. The molecule has 6 rings (SSSR count). The van der Waals surface area contributed by atoms with Gasteiger partial charge in [0.05, 0.1) is 18.8 Å². The van der Waals surface area contributed by atoms with Crippen LogP contribution in [0.2, 0.25) is 0 Å². The fraction of sp³-hybridized carbons (Fsp3) is 0.423. The molecule has 0 bridgehead atoms. The summed E-state index contributed by atoms with van der Waals surface area (Å²) in [7, 11) is 1.79. The molecule has 3 aliphatic rings. The summed E-state index contributed by atoms with van der Waals surface area (Å²) in [6.45, 7) is 4.30. The van der Waals surface area contributed by atoms with Gasteiger partial charge >= 0.3 is 0 Å². The lowest BCUT2D eigenvalue weighted by molar-refractivity contribution is -0.117. The largest absolute Gasteiger partial charge is 0.379 e. The molecule has 1 spiro atoms. The minimum absolute atomic E-state index is 0.0352. The quantitative estimate of drug-likeness (QED) is 0.549. The first-order chi connectivity index (χ1) is 17.1. The van der Waals surface area contributed by atoms with Crippen molar-refractivity contribution in [2.75, 3.05) is 44.0 Å². The summed E-state index contributed by atoms with van der Waals surface area (Å²) in [4.78, 5) is 23.9. The van der Waals surface area contributed by atoms with E-state index < -0.39 is 0 Å². The van der Waals surface area contributed by atoms with Gasteiger partial charge in [-0.25, -0.2) is 9.97 Å². The lowest BCUT2D eigenvalue weighted by atomic mass is 10.1. The Morgan fingerprint density at radius 2 is 2.03 bits per heavy atom. The molecular weight excluding hydrogens is 442 g/mol. The number of carbonyl (C=O) groups excluding carboxylic acids is 1. The second-order valence-corrected chi connectivity index (χ2v) is 9.56. The molecular formula is C26H27N7O2. The van der Waals surface area contributed by atoms with Crippen molar-refractivity contribution in [2.45, 2.75) is 25.8 Å². The molecule has 178 valence electrons. The van der Waals surface area contributed by atoms with Gasteiger partial charge in [-0.15, -0.1) is 10.2 Å². The molecule has 9 nitrogen and oxygen atoms in total. The Bertz CT molecular complexity index is 1340. The Hall–Kier alpha value is -3.61. The average Bonchev–Trinajstić information content (AvgIpc) is 3.82. The third-order valence-electron chi connectivity index (χ3n) is 7.18. The first-order valence-corrected chi connectivity index (χ1v) is 12.1. The summed E-state index contributed by atoms with van der Waals surface area (Å²) in [6, 6.07) is 5.83. The number of ether oxygens (including phenoxy) is 1. The fourth-order valence-electron chi connectivity index (χ4n) is 4.76. The van der Waals surface area contributed by atoms with E-state index in [1.807, 2.05) is 18.3 Å². The van der Waals surface area contributed by atoms with E-state index in [-0.39, 0.29) is 11.8 Å². The second-order valence-electron chi connectivity index (χ2n) is 9.56. The number of pyridine rings is 2. The number of rotatable bonds is 5. The van der Waals surface area contributed by atoms with Crippen molar-refractivity contribution in [3.8, 4) is 11.8 Å². The number of hydrogen-bond acceptors (Lipinski definition) is 8. The minimum atomic E-state index is 0.0352. The third kappa shape index (κ3) is 4.55. The smallest absolute Gasteiger partial charge is 0.229 e. The number of hydrogen-bond donors (Lipinski definition) is 2. The monoisotopic (exact) mass is 469 g/mol. The van der Waals surface area contributed by atoms with E-state index in [2.05, 4.69) is 53.6 Å². The maximum atomic E-state index is 12.6. The van der Waals surface area contributed by atoms with Gasteiger partial charge in [-0.3, -0.25) is 9.69 Å². The topological polar surface area (TPSA) is 105 Å². The van der Waals surface area contributed by atoms with Gasteiger partial charge in [0.25, 0.3) is 0 Å². The third-order valence-corrected chi connectivity index (χ3v) is 7.18. The molecule has 1 amide bonds. The Balaban J connectivity index is 1.22. The van der Waals surface area contributed by atoms with E-state index in [0.717, 1.165) is 63.1 Å². The standard InChI is InChI=1S/C26H27N7O2/c1-27-24-23-20(12-22(31-32-23)30-25(34)21-13-26(21)6-7-26)18(15-29-24)3-5-19-4-2-17(14-28-19)16-33-8-10-35-11-9-33/h2,4,12,14-15,21H,6-11,13,16H2,1H3,(H,27,29)(H,30,31,34)/t21-/m1/s1. The highest BCUT2D eigenvalue weighted by Gasteiger charge is 2.65. The molecule has 1 aliphatic heterocycles. The van der Waals surface area contributed by atoms with Crippen molar-refractivity contribution in [2.24, 2.45) is 11.3 Å². The van der Waals surface area contributed by atoms with Crippen molar-refractivity contribution in [1.29, 1.82) is 0 Å². The molecule has 0 unspecified atom stereocenters. The minimum Gasteiger partial charge on any atom is -0.379 e. The summed E-state index contributed by atoms with van der Waals surface area (Å²) >= 11 is 0. The van der Waals surface area contributed by atoms with Gasteiger partial charge in [0, 0.05) is 50.4 Å². The van der Waals surface area contributed by atoms with Gasteiger partial charge in [-0.05, 0) is 48.3 Å². The highest BCUT2D eigenvalue weighted by Crippen LogP contribution is 2.70. The van der Waals surface area contributed by atoms with Gasteiger partial charge in [-0.1, -0.05) is 12.0 Å². The average molecular weight is 470 g/mol. The predicted molar refractivity (Wildman–Crippen MR) is 132 cm³/mol. The zero-order valence-electron chi connectivity index (χ0n) is 19.7. The van der Waals surface area contributed by atoms with Crippen molar-refractivity contribution < 1.29 is 9.53 Å². The number of anilines is 2. The highest BCUT2D eigenvalue weighted by molar-refractivity contribution is 5.98. The number of aromatic nitrogens is 4. The van der Waals surface area contributed by atoms with Crippen LogP contribution in [0.15, 0.2) is 30.6 Å². The lowest BCUT2D eigenvalue weighted by Crippen LogP contribution is -2.35. The zero-order chi connectivity index (χ0) is 23.8. The molecule has 3 aromatic rings. The number of nitrogens with one attached hydrogen (secondary N) is 2. The van der Waals surface area contributed by atoms with E-state index in [0.29, 0.717) is 33.8 Å². The van der Waals surface area contributed by atoms with Crippen LogP contribution in [-0.2, 0) is 16.1 Å². The second kappa shape index (κ2) is 8.87. The summed E-state index contributed by atoms with van der Waals surface area (Å²) in [5, 5.41) is 15.3. The van der Waals surface area contributed by atoms with Gasteiger partial charge in [0.15, 0.2) is 11.6 Å². The Kier molecular flexibility index (Phi) is 5.55. The Labute approximate surface area is 203 Å². The zero-order valence-corrected chi connectivity index (χ0v) is 19.7. The molecule has 0 radical (unpaired) electrons. The molecule has 1 atom stereocenters. The van der Waals surface area contributed by atoms with Crippen LogP contribution in [0.25, 0.3) is 10.9 Å². The summed E-state index contributed by atoms with van der Waals surface area (Å²) in [5.41, 5.74) is 3.44. The van der Waals surface area contributed by atoms with Crippen LogP contribution >= 0.6 is 0 Å². The van der Waals surface area contributed by atoms with Crippen LogP contribution in [-0.4, -0.2) is 64.3 Å². The molecule has 2 saturated carbocycles. The first-order valence-electron chi connectivity index (χ1n) is 12.1. The van der Waals surface area contributed by atoms with E-state index in [1.165, 1.54) is 0 Å². The van der Waals surface area contributed by atoms with E-state index in [9.17, 15) is 4.79 Å². The van der Waals surface area contributed by atoms with E-state index in [4.69, 9.17) is 4.74 Å². The molecule has 1 saturated heterocycles. The van der Waals surface area contributed by atoms with Gasteiger partial charge in [0.1, 0.15) is 11.2 Å². The van der Waals surface area contributed by atoms with Crippen LogP contribution in [0, 0.1) is 23.2 Å².